The van der Waals surface area contributed by atoms with Crippen LogP contribution in [0, 0.1) is 10.1 Å². The number of nitrogens with zero attached hydrogens (tertiary/aromatic N) is 3. The van der Waals surface area contributed by atoms with E-state index in [-0.39, 0.29) is 23.4 Å². The summed E-state index contributed by atoms with van der Waals surface area (Å²) in [5.41, 5.74) is -0.608. The molecule has 0 aliphatic carbocycles. The van der Waals surface area contributed by atoms with Gasteiger partial charge in [0.05, 0.1) is 28.3 Å². The van der Waals surface area contributed by atoms with Gasteiger partial charge in [-0.25, -0.2) is 4.98 Å². The number of hydrogen-bond acceptors (Lipinski definition) is 6. The van der Waals surface area contributed by atoms with Gasteiger partial charge in [0, 0.05) is 19.2 Å². The van der Waals surface area contributed by atoms with Gasteiger partial charge < -0.3 is 14.7 Å². The third kappa shape index (κ3) is 3.17. The molecule has 1 fully saturated rings. The van der Waals surface area contributed by atoms with Crippen molar-refractivity contribution in [3.05, 3.63) is 27.4 Å². The first-order valence-electron chi connectivity index (χ1n) is 6.16. The molecular weight excluding hydrogens is 286 g/mol. The van der Waals surface area contributed by atoms with E-state index in [0.29, 0.717) is 18.9 Å². The largest absolute Gasteiger partial charge is 0.394 e. The standard InChI is InChI=1S/C12H16ClN3O4/c1-12(2)7-15(5-9(6-17)20-12)11-10(13)3-8(4-14-11)16(18)19/h3-4,9,17H,5-7H2,1-2H3. The van der Waals surface area contributed by atoms with Crippen LogP contribution >= 0.6 is 11.6 Å². The quantitative estimate of drug-likeness (QED) is 0.674. The Morgan fingerprint density at radius 1 is 1.70 bits per heavy atom. The van der Waals surface area contributed by atoms with Gasteiger partial charge in [-0.15, -0.1) is 0 Å². The molecule has 20 heavy (non-hydrogen) atoms. The second-order valence-electron chi connectivity index (χ2n) is 5.32. The molecule has 1 atom stereocenters. The summed E-state index contributed by atoms with van der Waals surface area (Å²) in [6.45, 7) is 4.67. The molecular formula is C12H16ClN3O4. The van der Waals surface area contributed by atoms with Crippen LogP contribution in [-0.2, 0) is 4.74 Å². The minimum atomic E-state index is -0.539. The van der Waals surface area contributed by atoms with Crippen molar-refractivity contribution in [2.75, 3.05) is 24.6 Å². The minimum Gasteiger partial charge on any atom is -0.394 e. The summed E-state index contributed by atoms with van der Waals surface area (Å²) < 4.78 is 5.71. The molecule has 0 saturated carbocycles. The van der Waals surface area contributed by atoms with E-state index in [1.165, 1.54) is 12.3 Å². The molecule has 8 heteroatoms. The Balaban J connectivity index is 2.28. The first kappa shape index (κ1) is 15.0. The highest BCUT2D eigenvalue weighted by Gasteiger charge is 2.34. The Bertz CT molecular complexity index is 523. The summed E-state index contributed by atoms with van der Waals surface area (Å²) in [5, 5.41) is 20.2. The number of morpholine rings is 1. The van der Waals surface area contributed by atoms with Crippen molar-refractivity contribution >= 4 is 23.1 Å². The first-order chi connectivity index (χ1) is 9.32. The van der Waals surface area contributed by atoms with Crippen LogP contribution < -0.4 is 4.90 Å². The van der Waals surface area contributed by atoms with Crippen LogP contribution in [-0.4, -0.2) is 46.4 Å². The third-order valence-corrected chi connectivity index (χ3v) is 3.28. The fraction of sp³-hybridized carbons (Fsp3) is 0.583. The second kappa shape index (κ2) is 5.51. The molecule has 0 bridgehead atoms. The van der Waals surface area contributed by atoms with Crippen molar-refractivity contribution < 1.29 is 14.8 Å². The number of anilines is 1. The molecule has 1 aromatic rings. The molecule has 1 N–H and O–H groups in total. The lowest BCUT2D eigenvalue weighted by atomic mass is 10.1. The fourth-order valence-corrected chi connectivity index (χ4v) is 2.59. The van der Waals surface area contributed by atoms with E-state index in [0.717, 1.165) is 0 Å². The number of hydrogen-bond donors (Lipinski definition) is 1. The van der Waals surface area contributed by atoms with Gasteiger partial charge in [-0.05, 0) is 13.8 Å². The van der Waals surface area contributed by atoms with Crippen LogP contribution in [0.2, 0.25) is 5.02 Å². The maximum absolute atomic E-state index is 10.7. The zero-order chi connectivity index (χ0) is 14.9. The first-order valence-corrected chi connectivity index (χ1v) is 6.54. The SMILES string of the molecule is CC1(C)CN(c2ncc([N+](=O)[O-])cc2Cl)CC(CO)O1. The molecule has 0 spiro atoms. The van der Waals surface area contributed by atoms with E-state index < -0.39 is 10.5 Å². The smallest absolute Gasteiger partial charge is 0.289 e. The predicted molar refractivity (Wildman–Crippen MR) is 74.2 cm³/mol. The van der Waals surface area contributed by atoms with Crippen molar-refractivity contribution in [2.45, 2.75) is 25.6 Å². The number of halogens is 1. The molecule has 7 nitrogen and oxygen atoms in total. The van der Waals surface area contributed by atoms with Crippen molar-refractivity contribution in [3.8, 4) is 0 Å². The van der Waals surface area contributed by atoms with Crippen LogP contribution in [0.4, 0.5) is 11.5 Å². The van der Waals surface area contributed by atoms with Gasteiger partial charge in [0.1, 0.15) is 12.0 Å². The lowest BCUT2D eigenvalue weighted by Crippen LogP contribution is -2.54. The van der Waals surface area contributed by atoms with E-state index in [9.17, 15) is 15.2 Å². The molecule has 0 radical (unpaired) electrons. The summed E-state index contributed by atoms with van der Waals surface area (Å²) in [5.74, 6) is 0.465. The molecule has 0 aromatic carbocycles. The Hall–Kier alpha value is -1.44. The van der Waals surface area contributed by atoms with E-state index in [2.05, 4.69) is 4.98 Å². The van der Waals surface area contributed by atoms with Crippen molar-refractivity contribution in [2.24, 2.45) is 0 Å². The normalized spacial score (nSPS) is 21.8. The van der Waals surface area contributed by atoms with Crippen LogP contribution in [0.1, 0.15) is 13.8 Å². The maximum atomic E-state index is 10.7. The zero-order valence-corrected chi connectivity index (χ0v) is 12.0. The van der Waals surface area contributed by atoms with E-state index >= 15 is 0 Å². The maximum Gasteiger partial charge on any atom is 0.289 e. The van der Waals surface area contributed by atoms with Crippen molar-refractivity contribution in [1.82, 2.24) is 4.98 Å². The van der Waals surface area contributed by atoms with Gasteiger partial charge in [0.2, 0.25) is 0 Å². The average Bonchev–Trinajstić information content (AvgIpc) is 2.36. The highest BCUT2D eigenvalue weighted by atomic mass is 35.5. The highest BCUT2D eigenvalue weighted by molar-refractivity contribution is 6.33. The highest BCUT2D eigenvalue weighted by Crippen LogP contribution is 2.31. The van der Waals surface area contributed by atoms with Gasteiger partial charge in [0.25, 0.3) is 5.69 Å². The van der Waals surface area contributed by atoms with Crippen molar-refractivity contribution in [1.29, 1.82) is 0 Å². The van der Waals surface area contributed by atoms with Gasteiger partial charge in [-0.2, -0.15) is 0 Å². The van der Waals surface area contributed by atoms with Crippen LogP contribution in [0.5, 0.6) is 0 Å². The average molecular weight is 302 g/mol. The van der Waals surface area contributed by atoms with E-state index in [1.807, 2.05) is 18.7 Å². The van der Waals surface area contributed by atoms with Crippen LogP contribution in [0.25, 0.3) is 0 Å². The molecule has 110 valence electrons. The molecule has 1 unspecified atom stereocenters. The lowest BCUT2D eigenvalue weighted by Gasteiger charge is -2.43. The molecule has 1 aliphatic heterocycles. The molecule has 1 saturated heterocycles. The Morgan fingerprint density at radius 3 is 2.95 bits per heavy atom. The molecule has 1 aromatic heterocycles. The lowest BCUT2D eigenvalue weighted by molar-refractivity contribution is -0.385. The fourth-order valence-electron chi connectivity index (χ4n) is 2.31. The van der Waals surface area contributed by atoms with E-state index in [1.54, 1.807) is 0 Å². The summed E-state index contributed by atoms with van der Waals surface area (Å²) in [4.78, 5) is 16.1. The summed E-state index contributed by atoms with van der Waals surface area (Å²) >= 11 is 6.08. The number of nitro groups is 1. The molecule has 1 aliphatic rings. The topological polar surface area (TPSA) is 88.7 Å². The summed E-state index contributed by atoms with van der Waals surface area (Å²) in [6, 6.07) is 1.28. The molecule has 0 amide bonds. The predicted octanol–water partition coefficient (Wildman–Crippen LogP) is 1.62. The Kier molecular flexibility index (Phi) is 4.12. The van der Waals surface area contributed by atoms with Gasteiger partial charge in [-0.3, -0.25) is 10.1 Å². The minimum absolute atomic E-state index is 0.107. The molecule has 2 rings (SSSR count). The monoisotopic (exact) mass is 301 g/mol. The number of aliphatic hydroxyl groups is 1. The van der Waals surface area contributed by atoms with Crippen LogP contribution in [0.3, 0.4) is 0 Å². The van der Waals surface area contributed by atoms with E-state index in [4.69, 9.17) is 16.3 Å². The summed E-state index contributed by atoms with van der Waals surface area (Å²) in [6.07, 6.45) is 0.837. The number of aromatic nitrogens is 1. The van der Waals surface area contributed by atoms with Crippen LogP contribution in [0.15, 0.2) is 12.3 Å². The molecule has 2 heterocycles. The van der Waals surface area contributed by atoms with Gasteiger partial charge in [-0.1, -0.05) is 11.6 Å². The number of rotatable bonds is 3. The van der Waals surface area contributed by atoms with Gasteiger partial charge >= 0.3 is 0 Å². The van der Waals surface area contributed by atoms with Gasteiger partial charge in [0.15, 0.2) is 0 Å². The third-order valence-electron chi connectivity index (χ3n) is 3.00. The number of aliphatic hydroxyl groups excluding tert-OH is 1. The number of pyridine rings is 1. The van der Waals surface area contributed by atoms with Crippen molar-refractivity contribution in [3.63, 3.8) is 0 Å². The Labute approximate surface area is 121 Å². The zero-order valence-electron chi connectivity index (χ0n) is 11.2. The Morgan fingerprint density at radius 2 is 2.40 bits per heavy atom. The summed E-state index contributed by atoms with van der Waals surface area (Å²) in [7, 11) is 0. The second-order valence-corrected chi connectivity index (χ2v) is 5.73. The number of ether oxygens (including phenoxy) is 1.